The Morgan fingerprint density at radius 2 is 2.16 bits per heavy atom. The fourth-order valence-electron chi connectivity index (χ4n) is 1.70. The molecule has 1 aromatic heterocycles. The molecule has 5 nitrogen and oxygen atoms in total. The number of aliphatic hydroxyl groups excluding tert-OH is 1. The Morgan fingerprint density at radius 1 is 1.47 bits per heavy atom. The first-order chi connectivity index (χ1) is 8.93. The van der Waals surface area contributed by atoms with Gasteiger partial charge in [-0.1, -0.05) is 6.92 Å². The molecule has 0 unspecified atom stereocenters. The Hall–Kier alpha value is -1.62. The number of rotatable bonds is 6. The minimum atomic E-state index is -0.524. The third kappa shape index (κ3) is 4.87. The summed E-state index contributed by atoms with van der Waals surface area (Å²) in [5.41, 5.74) is 1.51. The second kappa shape index (κ2) is 7.09. The number of nitrogens with zero attached hydrogens (tertiary/aromatic N) is 2. The number of amides is 1. The fourth-order valence-corrected chi connectivity index (χ4v) is 1.70. The number of anilines is 1. The zero-order valence-electron chi connectivity index (χ0n) is 12.1. The molecular formula is C14H23N3O2. The molecule has 0 saturated heterocycles. The van der Waals surface area contributed by atoms with Gasteiger partial charge < -0.3 is 15.3 Å². The molecule has 0 aliphatic rings. The van der Waals surface area contributed by atoms with Crippen LogP contribution in [0.4, 0.5) is 5.69 Å². The van der Waals surface area contributed by atoms with Crippen LogP contribution in [0, 0.1) is 0 Å². The van der Waals surface area contributed by atoms with Gasteiger partial charge in [-0.25, -0.2) is 0 Å². The van der Waals surface area contributed by atoms with Gasteiger partial charge >= 0.3 is 0 Å². The summed E-state index contributed by atoms with van der Waals surface area (Å²) >= 11 is 0. The first-order valence-corrected chi connectivity index (χ1v) is 6.58. The Labute approximate surface area is 114 Å². The number of likely N-dealkylation sites (N-methyl/N-ethyl adjacent to an activating group) is 1. The molecule has 2 N–H and O–H groups in total. The van der Waals surface area contributed by atoms with Crippen molar-refractivity contribution in [2.24, 2.45) is 0 Å². The molecular weight excluding hydrogens is 242 g/mol. The maximum atomic E-state index is 11.6. The average Bonchev–Trinajstić information content (AvgIpc) is 2.36. The van der Waals surface area contributed by atoms with Gasteiger partial charge in [0, 0.05) is 13.1 Å². The number of carbonyl (C=O) groups is 1. The molecule has 1 atom stereocenters. The molecule has 106 valence electrons. The molecule has 1 amide bonds. The van der Waals surface area contributed by atoms with E-state index in [1.165, 1.54) is 0 Å². The average molecular weight is 265 g/mol. The maximum absolute atomic E-state index is 11.6. The van der Waals surface area contributed by atoms with Crippen molar-refractivity contribution in [3.63, 3.8) is 0 Å². The van der Waals surface area contributed by atoms with Gasteiger partial charge in [0.25, 0.3) is 0 Å². The lowest BCUT2D eigenvalue weighted by molar-refractivity contribution is -0.120. The SMILES string of the molecule is CC[C@@H](O)c1ccc(N(C)CC(=O)NC(C)C)cn1. The molecule has 0 aliphatic carbocycles. The van der Waals surface area contributed by atoms with E-state index < -0.39 is 6.10 Å². The van der Waals surface area contributed by atoms with E-state index in [9.17, 15) is 9.90 Å². The van der Waals surface area contributed by atoms with Crippen LogP contribution in [-0.4, -0.2) is 35.6 Å². The highest BCUT2D eigenvalue weighted by Gasteiger charge is 2.10. The summed E-state index contributed by atoms with van der Waals surface area (Å²) < 4.78 is 0. The second-order valence-electron chi connectivity index (χ2n) is 4.94. The van der Waals surface area contributed by atoms with E-state index in [4.69, 9.17) is 0 Å². The quantitative estimate of drug-likeness (QED) is 0.818. The van der Waals surface area contributed by atoms with Gasteiger partial charge in [-0.2, -0.15) is 0 Å². The standard InChI is InChI=1S/C14H23N3O2/c1-5-13(18)12-7-6-11(8-15-12)17(4)9-14(19)16-10(2)3/h6-8,10,13,18H,5,9H2,1-4H3,(H,16,19)/t13-/m1/s1. The van der Waals surface area contributed by atoms with E-state index in [-0.39, 0.29) is 18.5 Å². The van der Waals surface area contributed by atoms with E-state index in [1.54, 1.807) is 12.3 Å². The van der Waals surface area contributed by atoms with Crippen LogP contribution in [0.15, 0.2) is 18.3 Å². The Bertz CT molecular complexity index is 404. The lowest BCUT2D eigenvalue weighted by Gasteiger charge is -2.20. The summed E-state index contributed by atoms with van der Waals surface area (Å²) in [7, 11) is 1.84. The monoisotopic (exact) mass is 265 g/mol. The van der Waals surface area contributed by atoms with E-state index in [2.05, 4.69) is 10.3 Å². The number of aromatic nitrogens is 1. The summed E-state index contributed by atoms with van der Waals surface area (Å²) in [5.74, 6) is -0.0184. The van der Waals surface area contributed by atoms with Crippen molar-refractivity contribution in [1.82, 2.24) is 10.3 Å². The Kier molecular flexibility index (Phi) is 5.76. The largest absolute Gasteiger partial charge is 0.387 e. The van der Waals surface area contributed by atoms with Crippen LogP contribution in [0.2, 0.25) is 0 Å². The van der Waals surface area contributed by atoms with Gasteiger partial charge in [-0.05, 0) is 32.4 Å². The predicted octanol–water partition coefficient (Wildman–Crippen LogP) is 1.49. The summed E-state index contributed by atoms with van der Waals surface area (Å²) in [6.45, 7) is 6.05. The van der Waals surface area contributed by atoms with Crippen LogP contribution in [-0.2, 0) is 4.79 Å². The van der Waals surface area contributed by atoms with E-state index in [1.807, 2.05) is 38.8 Å². The van der Waals surface area contributed by atoms with Crippen LogP contribution in [0.1, 0.15) is 39.0 Å². The van der Waals surface area contributed by atoms with Crippen molar-refractivity contribution in [1.29, 1.82) is 0 Å². The van der Waals surface area contributed by atoms with Crippen LogP contribution in [0.25, 0.3) is 0 Å². The van der Waals surface area contributed by atoms with Crippen LogP contribution in [0.3, 0.4) is 0 Å². The van der Waals surface area contributed by atoms with Gasteiger partial charge in [-0.3, -0.25) is 9.78 Å². The van der Waals surface area contributed by atoms with Crippen LogP contribution >= 0.6 is 0 Å². The lowest BCUT2D eigenvalue weighted by Crippen LogP contribution is -2.38. The van der Waals surface area contributed by atoms with Crippen LogP contribution in [0.5, 0.6) is 0 Å². The Morgan fingerprint density at radius 3 is 2.63 bits per heavy atom. The van der Waals surface area contributed by atoms with Gasteiger partial charge in [0.1, 0.15) is 0 Å². The van der Waals surface area contributed by atoms with E-state index >= 15 is 0 Å². The van der Waals surface area contributed by atoms with Gasteiger partial charge in [0.15, 0.2) is 0 Å². The molecule has 0 bridgehead atoms. The fraction of sp³-hybridized carbons (Fsp3) is 0.571. The summed E-state index contributed by atoms with van der Waals surface area (Å²) in [6, 6.07) is 3.80. The molecule has 1 aromatic rings. The highest BCUT2D eigenvalue weighted by atomic mass is 16.3. The second-order valence-corrected chi connectivity index (χ2v) is 4.94. The molecule has 19 heavy (non-hydrogen) atoms. The van der Waals surface area contributed by atoms with Gasteiger partial charge in [-0.15, -0.1) is 0 Å². The minimum Gasteiger partial charge on any atom is -0.387 e. The number of aliphatic hydroxyl groups is 1. The number of pyridine rings is 1. The number of hydrogen-bond acceptors (Lipinski definition) is 4. The summed E-state index contributed by atoms with van der Waals surface area (Å²) in [6.07, 6.45) is 1.79. The van der Waals surface area contributed by atoms with E-state index in [0.29, 0.717) is 12.1 Å². The van der Waals surface area contributed by atoms with Gasteiger partial charge in [0.05, 0.1) is 30.2 Å². The number of hydrogen-bond donors (Lipinski definition) is 2. The number of carbonyl (C=O) groups excluding carboxylic acids is 1. The van der Waals surface area contributed by atoms with Crippen molar-refractivity contribution >= 4 is 11.6 Å². The highest BCUT2D eigenvalue weighted by molar-refractivity contribution is 5.81. The zero-order chi connectivity index (χ0) is 14.4. The number of nitrogens with one attached hydrogen (secondary N) is 1. The van der Waals surface area contributed by atoms with Crippen molar-refractivity contribution < 1.29 is 9.90 Å². The molecule has 0 radical (unpaired) electrons. The van der Waals surface area contributed by atoms with Crippen molar-refractivity contribution in [2.45, 2.75) is 39.3 Å². The summed E-state index contributed by atoms with van der Waals surface area (Å²) in [5, 5.41) is 12.5. The van der Waals surface area contributed by atoms with E-state index in [0.717, 1.165) is 5.69 Å². The molecule has 5 heteroatoms. The smallest absolute Gasteiger partial charge is 0.239 e. The first-order valence-electron chi connectivity index (χ1n) is 6.58. The normalized spacial score (nSPS) is 12.3. The Balaban J connectivity index is 2.62. The molecule has 1 rings (SSSR count). The first kappa shape index (κ1) is 15.4. The molecule has 0 saturated carbocycles. The molecule has 0 aliphatic heterocycles. The van der Waals surface area contributed by atoms with Crippen LogP contribution < -0.4 is 10.2 Å². The predicted molar refractivity (Wildman–Crippen MR) is 76.0 cm³/mol. The lowest BCUT2D eigenvalue weighted by atomic mass is 10.2. The van der Waals surface area contributed by atoms with Gasteiger partial charge in [0.2, 0.25) is 5.91 Å². The minimum absolute atomic E-state index is 0.0184. The zero-order valence-corrected chi connectivity index (χ0v) is 12.1. The molecule has 1 heterocycles. The van der Waals surface area contributed by atoms with Crippen molar-refractivity contribution in [2.75, 3.05) is 18.5 Å². The highest BCUT2D eigenvalue weighted by Crippen LogP contribution is 2.17. The van der Waals surface area contributed by atoms with Crippen molar-refractivity contribution in [3.8, 4) is 0 Å². The topological polar surface area (TPSA) is 65.5 Å². The summed E-state index contributed by atoms with van der Waals surface area (Å²) in [4.78, 5) is 17.7. The third-order valence-electron chi connectivity index (χ3n) is 2.77. The maximum Gasteiger partial charge on any atom is 0.239 e. The molecule has 0 aromatic carbocycles. The third-order valence-corrected chi connectivity index (χ3v) is 2.77. The van der Waals surface area contributed by atoms with Crippen molar-refractivity contribution in [3.05, 3.63) is 24.0 Å². The molecule has 0 spiro atoms. The molecule has 0 fully saturated rings.